The molecule has 0 aliphatic carbocycles. The van der Waals surface area contributed by atoms with Crippen LogP contribution in [-0.4, -0.2) is 29.6 Å². The molecule has 1 aromatic carbocycles. The third-order valence-corrected chi connectivity index (χ3v) is 2.24. The van der Waals surface area contributed by atoms with Gasteiger partial charge in [0.2, 0.25) is 5.91 Å². The van der Waals surface area contributed by atoms with Gasteiger partial charge in [-0.1, -0.05) is 12.1 Å². The first-order valence-electron chi connectivity index (χ1n) is 5.81. The van der Waals surface area contributed by atoms with Crippen molar-refractivity contribution in [3.63, 3.8) is 0 Å². The molecular formula is C13H15N3O4. The van der Waals surface area contributed by atoms with Crippen LogP contribution in [0.25, 0.3) is 6.08 Å². The number of hydrogen-bond donors (Lipinski definition) is 4. The third-order valence-electron chi connectivity index (χ3n) is 2.24. The van der Waals surface area contributed by atoms with E-state index >= 15 is 0 Å². The van der Waals surface area contributed by atoms with Crippen LogP contribution in [0, 0.1) is 0 Å². The highest BCUT2D eigenvalue weighted by Gasteiger charge is 2.02. The Labute approximate surface area is 115 Å². The van der Waals surface area contributed by atoms with E-state index in [1.54, 1.807) is 24.3 Å². The van der Waals surface area contributed by atoms with Crippen molar-refractivity contribution in [2.75, 3.05) is 11.9 Å². The fourth-order valence-electron chi connectivity index (χ4n) is 1.32. The molecule has 1 rings (SSSR count). The van der Waals surface area contributed by atoms with Crippen LogP contribution >= 0.6 is 0 Å². The number of primary amides is 1. The van der Waals surface area contributed by atoms with E-state index in [2.05, 4.69) is 10.6 Å². The second-order valence-electron chi connectivity index (χ2n) is 3.89. The molecule has 106 valence electrons. The molecule has 7 heteroatoms. The van der Waals surface area contributed by atoms with Gasteiger partial charge in [-0.05, 0) is 23.8 Å². The average molecular weight is 277 g/mol. The minimum atomic E-state index is -1.03. The Kier molecular flexibility index (Phi) is 5.76. The Morgan fingerprint density at radius 1 is 1.20 bits per heavy atom. The number of anilines is 1. The second kappa shape index (κ2) is 7.57. The summed E-state index contributed by atoms with van der Waals surface area (Å²) >= 11 is 0. The summed E-state index contributed by atoms with van der Waals surface area (Å²) in [6.45, 7) is 0.167. The van der Waals surface area contributed by atoms with Crippen molar-refractivity contribution in [3.05, 3.63) is 35.9 Å². The van der Waals surface area contributed by atoms with Gasteiger partial charge in [-0.2, -0.15) is 0 Å². The summed E-state index contributed by atoms with van der Waals surface area (Å²) in [4.78, 5) is 32.3. The van der Waals surface area contributed by atoms with Gasteiger partial charge in [-0.3, -0.25) is 4.79 Å². The molecule has 0 radical (unpaired) electrons. The number of aliphatic carboxylic acids is 1. The van der Waals surface area contributed by atoms with E-state index in [4.69, 9.17) is 10.8 Å². The lowest BCUT2D eigenvalue weighted by Crippen LogP contribution is -2.31. The van der Waals surface area contributed by atoms with Crippen molar-refractivity contribution in [3.8, 4) is 0 Å². The molecule has 0 aliphatic heterocycles. The van der Waals surface area contributed by atoms with E-state index in [9.17, 15) is 14.4 Å². The molecule has 0 aromatic heterocycles. The fourth-order valence-corrected chi connectivity index (χ4v) is 1.32. The summed E-state index contributed by atoms with van der Waals surface area (Å²) in [5.41, 5.74) is 6.19. The summed E-state index contributed by atoms with van der Waals surface area (Å²) in [6.07, 6.45) is 2.55. The lowest BCUT2D eigenvalue weighted by molar-refractivity contribution is -0.131. The Balaban J connectivity index is 2.46. The lowest BCUT2D eigenvalue weighted by Gasteiger charge is -2.06. The van der Waals surface area contributed by atoms with E-state index < -0.39 is 17.9 Å². The van der Waals surface area contributed by atoms with Gasteiger partial charge >= 0.3 is 12.0 Å². The summed E-state index contributed by atoms with van der Waals surface area (Å²) in [5, 5.41) is 13.5. The molecule has 0 saturated carbocycles. The number of rotatable bonds is 6. The highest BCUT2D eigenvalue weighted by atomic mass is 16.4. The molecular weight excluding hydrogens is 262 g/mol. The number of carboxylic acid groups (broad SMARTS) is 1. The third kappa shape index (κ3) is 6.20. The van der Waals surface area contributed by atoms with Crippen molar-refractivity contribution >= 4 is 29.7 Å². The SMILES string of the molecule is NC(=O)CCNC(=O)Nc1ccc(C=CC(=O)O)cc1. The molecule has 0 fully saturated rings. The van der Waals surface area contributed by atoms with Crippen molar-refractivity contribution < 1.29 is 19.5 Å². The minimum Gasteiger partial charge on any atom is -0.478 e. The van der Waals surface area contributed by atoms with Gasteiger partial charge in [-0.25, -0.2) is 9.59 Å². The number of amides is 3. The smallest absolute Gasteiger partial charge is 0.328 e. The van der Waals surface area contributed by atoms with Crippen molar-refractivity contribution in [1.29, 1.82) is 0 Å². The van der Waals surface area contributed by atoms with Gasteiger partial charge in [0.1, 0.15) is 0 Å². The molecule has 0 aliphatic rings. The zero-order valence-corrected chi connectivity index (χ0v) is 10.6. The van der Waals surface area contributed by atoms with Crippen LogP contribution < -0.4 is 16.4 Å². The van der Waals surface area contributed by atoms with Gasteiger partial charge in [0.15, 0.2) is 0 Å². The quantitative estimate of drug-likeness (QED) is 0.574. The number of urea groups is 1. The van der Waals surface area contributed by atoms with E-state index in [0.29, 0.717) is 11.3 Å². The summed E-state index contributed by atoms with van der Waals surface area (Å²) in [7, 11) is 0. The minimum absolute atomic E-state index is 0.0757. The topological polar surface area (TPSA) is 122 Å². The first-order chi connectivity index (χ1) is 9.47. The maximum absolute atomic E-state index is 11.4. The highest BCUT2D eigenvalue weighted by molar-refractivity contribution is 5.90. The largest absolute Gasteiger partial charge is 0.478 e. The second-order valence-corrected chi connectivity index (χ2v) is 3.89. The molecule has 0 spiro atoms. The normalized spacial score (nSPS) is 10.2. The molecule has 20 heavy (non-hydrogen) atoms. The first kappa shape index (κ1) is 15.2. The summed E-state index contributed by atoms with van der Waals surface area (Å²) in [6, 6.07) is 6.15. The fraction of sp³-hybridized carbons (Fsp3) is 0.154. The van der Waals surface area contributed by atoms with Crippen LogP contribution in [0.4, 0.5) is 10.5 Å². The molecule has 1 aromatic rings. The number of nitrogens with two attached hydrogens (primary N) is 1. The summed E-state index contributed by atoms with van der Waals surface area (Å²) in [5.74, 6) is -1.51. The first-order valence-corrected chi connectivity index (χ1v) is 5.81. The van der Waals surface area contributed by atoms with E-state index in [1.807, 2.05) is 0 Å². The number of benzene rings is 1. The Morgan fingerprint density at radius 3 is 2.40 bits per heavy atom. The Bertz CT molecular complexity index is 523. The maximum atomic E-state index is 11.4. The van der Waals surface area contributed by atoms with Crippen LogP contribution in [0.15, 0.2) is 30.3 Å². The lowest BCUT2D eigenvalue weighted by atomic mass is 10.2. The van der Waals surface area contributed by atoms with Gasteiger partial charge in [0.25, 0.3) is 0 Å². The maximum Gasteiger partial charge on any atom is 0.328 e. The monoisotopic (exact) mass is 277 g/mol. The predicted octanol–water partition coefficient (Wildman–Crippen LogP) is 0.781. The van der Waals surface area contributed by atoms with Crippen LogP contribution in [0.3, 0.4) is 0 Å². The van der Waals surface area contributed by atoms with Crippen molar-refractivity contribution in [1.82, 2.24) is 5.32 Å². The van der Waals surface area contributed by atoms with Gasteiger partial charge in [0, 0.05) is 24.7 Å². The molecule has 7 nitrogen and oxygen atoms in total. The van der Waals surface area contributed by atoms with Crippen LogP contribution in [0.2, 0.25) is 0 Å². The molecule has 0 atom stereocenters. The van der Waals surface area contributed by atoms with E-state index in [1.165, 1.54) is 6.08 Å². The predicted molar refractivity (Wildman–Crippen MR) is 73.9 cm³/mol. The average Bonchev–Trinajstić information content (AvgIpc) is 2.37. The molecule has 0 saturated heterocycles. The highest BCUT2D eigenvalue weighted by Crippen LogP contribution is 2.10. The van der Waals surface area contributed by atoms with Gasteiger partial charge in [0.05, 0.1) is 0 Å². The van der Waals surface area contributed by atoms with E-state index in [0.717, 1.165) is 6.08 Å². The number of carboxylic acids is 1. The summed E-state index contributed by atoms with van der Waals surface area (Å²) < 4.78 is 0. The van der Waals surface area contributed by atoms with E-state index in [-0.39, 0.29) is 13.0 Å². The number of carbonyl (C=O) groups excluding carboxylic acids is 2. The molecule has 0 unspecified atom stereocenters. The number of hydrogen-bond acceptors (Lipinski definition) is 3. The van der Waals surface area contributed by atoms with Gasteiger partial charge in [-0.15, -0.1) is 0 Å². The molecule has 0 heterocycles. The van der Waals surface area contributed by atoms with Crippen LogP contribution in [-0.2, 0) is 9.59 Å². The molecule has 0 bridgehead atoms. The van der Waals surface area contributed by atoms with Crippen molar-refractivity contribution in [2.24, 2.45) is 5.73 Å². The number of nitrogens with one attached hydrogen (secondary N) is 2. The van der Waals surface area contributed by atoms with Crippen molar-refractivity contribution in [2.45, 2.75) is 6.42 Å². The molecule has 5 N–H and O–H groups in total. The number of carbonyl (C=O) groups is 3. The Morgan fingerprint density at radius 2 is 1.85 bits per heavy atom. The Hall–Kier alpha value is -2.83. The van der Waals surface area contributed by atoms with Crippen LogP contribution in [0.1, 0.15) is 12.0 Å². The van der Waals surface area contributed by atoms with Gasteiger partial charge < -0.3 is 21.5 Å². The standard InChI is InChI=1S/C13H15N3O4/c14-11(17)7-8-15-13(20)16-10-4-1-9(2-5-10)3-6-12(18)19/h1-6H,7-8H2,(H2,14,17)(H,18,19)(H2,15,16,20). The zero-order valence-electron chi connectivity index (χ0n) is 10.6. The molecule has 3 amide bonds. The van der Waals surface area contributed by atoms with Crippen LogP contribution in [0.5, 0.6) is 0 Å². The zero-order chi connectivity index (χ0) is 15.0.